The molecule has 0 saturated heterocycles. The van der Waals surface area contributed by atoms with Crippen molar-refractivity contribution in [1.29, 1.82) is 0 Å². The summed E-state index contributed by atoms with van der Waals surface area (Å²) in [5.41, 5.74) is 0. The Labute approximate surface area is 75.0 Å². The van der Waals surface area contributed by atoms with Gasteiger partial charge in [0.1, 0.15) is 6.33 Å². The molecule has 5 heteroatoms. The summed E-state index contributed by atoms with van der Waals surface area (Å²) in [7, 11) is 0. The average Bonchev–Trinajstić information content (AvgIpc) is 2.08. The molecule has 0 unspecified atom stereocenters. The molecule has 1 heterocycles. The van der Waals surface area contributed by atoms with Crippen LogP contribution in [-0.4, -0.2) is 16.5 Å². The molecule has 1 N–H and O–H groups in total. The van der Waals surface area contributed by atoms with Crippen LogP contribution in [0, 0.1) is 5.82 Å². The fourth-order valence-electron chi connectivity index (χ4n) is 0.715. The predicted molar refractivity (Wildman–Crippen MR) is 45.8 cm³/mol. The van der Waals surface area contributed by atoms with Crippen molar-refractivity contribution in [2.75, 3.05) is 11.9 Å². The number of nitrogens with one attached hydrogen (secondary N) is 1. The number of rotatable bonds is 3. The van der Waals surface area contributed by atoms with Crippen LogP contribution in [0.4, 0.5) is 10.2 Å². The first-order chi connectivity index (χ1) is 5.75. The number of hydrogen-bond donors (Lipinski definition) is 1. The standard InChI is InChI=1S/C7H9ClFN3/c1-2-3-10-7-5(9)6(8)11-4-12-7/h4H,2-3H2,1H3,(H,10,11,12). The van der Waals surface area contributed by atoms with E-state index >= 15 is 0 Å². The molecule has 0 aliphatic heterocycles. The van der Waals surface area contributed by atoms with Crippen LogP contribution in [0.15, 0.2) is 6.33 Å². The van der Waals surface area contributed by atoms with Gasteiger partial charge in [0, 0.05) is 6.54 Å². The molecule has 12 heavy (non-hydrogen) atoms. The van der Waals surface area contributed by atoms with E-state index in [0.717, 1.165) is 6.42 Å². The minimum Gasteiger partial charge on any atom is -0.368 e. The summed E-state index contributed by atoms with van der Waals surface area (Å²) in [6.07, 6.45) is 2.13. The SMILES string of the molecule is CCCNc1ncnc(Cl)c1F. The van der Waals surface area contributed by atoms with E-state index in [-0.39, 0.29) is 11.0 Å². The fraction of sp³-hybridized carbons (Fsp3) is 0.429. The second-order valence-electron chi connectivity index (χ2n) is 2.25. The lowest BCUT2D eigenvalue weighted by atomic mass is 10.4. The van der Waals surface area contributed by atoms with Gasteiger partial charge in [0.2, 0.25) is 5.82 Å². The van der Waals surface area contributed by atoms with Crippen molar-refractivity contribution in [3.63, 3.8) is 0 Å². The van der Waals surface area contributed by atoms with E-state index in [1.54, 1.807) is 0 Å². The topological polar surface area (TPSA) is 37.8 Å². The molecule has 0 radical (unpaired) electrons. The highest BCUT2D eigenvalue weighted by molar-refractivity contribution is 6.29. The van der Waals surface area contributed by atoms with Crippen LogP contribution in [-0.2, 0) is 0 Å². The smallest absolute Gasteiger partial charge is 0.202 e. The third-order valence-corrected chi connectivity index (χ3v) is 1.55. The molecule has 0 fully saturated rings. The van der Waals surface area contributed by atoms with Crippen molar-refractivity contribution in [3.05, 3.63) is 17.3 Å². The summed E-state index contributed by atoms with van der Waals surface area (Å²) < 4.78 is 13.0. The highest BCUT2D eigenvalue weighted by Gasteiger charge is 2.07. The second-order valence-corrected chi connectivity index (χ2v) is 2.61. The maximum Gasteiger partial charge on any atom is 0.202 e. The summed E-state index contributed by atoms with van der Waals surface area (Å²) in [6, 6.07) is 0. The van der Waals surface area contributed by atoms with Gasteiger partial charge in [-0.2, -0.15) is 4.39 Å². The summed E-state index contributed by atoms with van der Waals surface area (Å²) in [4.78, 5) is 7.18. The highest BCUT2D eigenvalue weighted by atomic mass is 35.5. The first-order valence-electron chi connectivity index (χ1n) is 3.65. The van der Waals surface area contributed by atoms with Gasteiger partial charge in [-0.05, 0) is 6.42 Å². The quantitative estimate of drug-likeness (QED) is 0.740. The van der Waals surface area contributed by atoms with Crippen LogP contribution in [0.1, 0.15) is 13.3 Å². The van der Waals surface area contributed by atoms with E-state index in [0.29, 0.717) is 6.54 Å². The summed E-state index contributed by atoms with van der Waals surface area (Å²) in [5.74, 6) is -0.426. The summed E-state index contributed by atoms with van der Waals surface area (Å²) in [5, 5.41) is 2.64. The van der Waals surface area contributed by atoms with Gasteiger partial charge in [0.05, 0.1) is 0 Å². The molecule has 0 aromatic carbocycles. The molecule has 66 valence electrons. The maximum absolute atomic E-state index is 13.0. The maximum atomic E-state index is 13.0. The van der Waals surface area contributed by atoms with Crippen LogP contribution in [0.5, 0.6) is 0 Å². The van der Waals surface area contributed by atoms with Crippen molar-refractivity contribution >= 4 is 17.4 Å². The van der Waals surface area contributed by atoms with E-state index in [4.69, 9.17) is 11.6 Å². The third-order valence-electron chi connectivity index (χ3n) is 1.29. The molecule has 0 amide bonds. The predicted octanol–water partition coefficient (Wildman–Crippen LogP) is 2.09. The van der Waals surface area contributed by atoms with E-state index in [1.807, 2.05) is 6.92 Å². The number of halogens is 2. The van der Waals surface area contributed by atoms with Crippen molar-refractivity contribution in [2.24, 2.45) is 0 Å². The Morgan fingerprint density at radius 2 is 2.33 bits per heavy atom. The van der Waals surface area contributed by atoms with Crippen molar-refractivity contribution in [2.45, 2.75) is 13.3 Å². The number of hydrogen-bond acceptors (Lipinski definition) is 3. The van der Waals surface area contributed by atoms with Gasteiger partial charge in [-0.1, -0.05) is 18.5 Å². The third kappa shape index (κ3) is 2.04. The lowest BCUT2D eigenvalue weighted by molar-refractivity contribution is 0.617. The number of aromatic nitrogens is 2. The van der Waals surface area contributed by atoms with E-state index < -0.39 is 5.82 Å². The minimum atomic E-state index is -0.590. The minimum absolute atomic E-state index is 0.149. The van der Waals surface area contributed by atoms with Gasteiger partial charge in [-0.15, -0.1) is 0 Å². The molecule has 0 atom stereocenters. The monoisotopic (exact) mass is 189 g/mol. The molecule has 0 saturated carbocycles. The van der Waals surface area contributed by atoms with Gasteiger partial charge in [-0.3, -0.25) is 0 Å². The van der Waals surface area contributed by atoms with E-state index in [1.165, 1.54) is 6.33 Å². The van der Waals surface area contributed by atoms with Crippen LogP contribution >= 0.6 is 11.6 Å². The second kappa shape index (κ2) is 4.21. The Balaban J connectivity index is 2.78. The zero-order chi connectivity index (χ0) is 8.97. The van der Waals surface area contributed by atoms with Gasteiger partial charge in [0.25, 0.3) is 0 Å². The Bertz CT molecular complexity index is 267. The zero-order valence-electron chi connectivity index (χ0n) is 6.64. The van der Waals surface area contributed by atoms with Crippen molar-refractivity contribution in [1.82, 2.24) is 9.97 Å². The molecular formula is C7H9ClFN3. The molecule has 3 nitrogen and oxygen atoms in total. The first-order valence-corrected chi connectivity index (χ1v) is 4.03. The largest absolute Gasteiger partial charge is 0.368 e. The van der Waals surface area contributed by atoms with E-state index in [9.17, 15) is 4.39 Å². The zero-order valence-corrected chi connectivity index (χ0v) is 7.40. The van der Waals surface area contributed by atoms with Gasteiger partial charge in [0.15, 0.2) is 11.0 Å². The lowest BCUT2D eigenvalue weighted by Gasteiger charge is -2.03. The number of anilines is 1. The molecule has 1 aromatic rings. The molecule has 1 aromatic heterocycles. The Morgan fingerprint density at radius 1 is 1.58 bits per heavy atom. The van der Waals surface area contributed by atoms with Gasteiger partial charge in [-0.25, -0.2) is 9.97 Å². The Hall–Kier alpha value is -0.900. The molecule has 0 bridgehead atoms. The van der Waals surface area contributed by atoms with Crippen LogP contribution in [0.25, 0.3) is 0 Å². The molecule has 0 aliphatic carbocycles. The van der Waals surface area contributed by atoms with Crippen LogP contribution in [0.3, 0.4) is 0 Å². The number of nitrogens with zero attached hydrogens (tertiary/aromatic N) is 2. The Morgan fingerprint density at radius 3 is 3.00 bits per heavy atom. The van der Waals surface area contributed by atoms with Gasteiger partial charge >= 0.3 is 0 Å². The van der Waals surface area contributed by atoms with Crippen LogP contribution in [0.2, 0.25) is 5.15 Å². The first kappa shape index (κ1) is 9.19. The highest BCUT2D eigenvalue weighted by Crippen LogP contribution is 2.16. The summed E-state index contributed by atoms with van der Waals surface area (Å²) in [6.45, 7) is 2.65. The lowest BCUT2D eigenvalue weighted by Crippen LogP contribution is -2.05. The van der Waals surface area contributed by atoms with E-state index in [2.05, 4.69) is 15.3 Å². The van der Waals surface area contributed by atoms with Crippen LogP contribution < -0.4 is 5.32 Å². The molecular weight excluding hydrogens is 181 g/mol. The van der Waals surface area contributed by atoms with Gasteiger partial charge < -0.3 is 5.32 Å². The van der Waals surface area contributed by atoms with Crippen molar-refractivity contribution < 1.29 is 4.39 Å². The van der Waals surface area contributed by atoms with Crippen molar-refractivity contribution in [3.8, 4) is 0 Å². The summed E-state index contributed by atoms with van der Waals surface area (Å²) >= 11 is 5.43. The molecule has 0 aliphatic rings. The normalized spacial score (nSPS) is 9.92. The molecule has 1 rings (SSSR count). The molecule has 0 spiro atoms. The average molecular weight is 190 g/mol. The Kier molecular flexibility index (Phi) is 3.22. The fourth-order valence-corrected chi connectivity index (χ4v) is 0.848.